The number of hydrogen-bond acceptors (Lipinski definition) is 3. The number of aliphatic carboxylic acids is 1. The molecule has 1 rings (SSSR count). The molecule has 0 bridgehead atoms. The molecule has 6 nitrogen and oxygen atoms in total. The lowest BCUT2D eigenvalue weighted by Gasteiger charge is -2.20. The number of nitrogens with one attached hydrogen (secondary N) is 2. The number of carbonyl (C=O) groups is 2. The fourth-order valence-electron chi connectivity index (χ4n) is 2.14. The molecule has 0 fully saturated rings. The van der Waals surface area contributed by atoms with Gasteiger partial charge >= 0.3 is 12.0 Å². The summed E-state index contributed by atoms with van der Waals surface area (Å²) in [4.78, 5) is 22.7. The topological polar surface area (TPSA) is 98.7 Å². The summed E-state index contributed by atoms with van der Waals surface area (Å²) >= 11 is 0. The van der Waals surface area contributed by atoms with Crippen LogP contribution in [0.2, 0.25) is 0 Å². The molecule has 0 radical (unpaired) electrons. The van der Waals surface area contributed by atoms with Crippen LogP contribution in [0.25, 0.3) is 0 Å². The third-order valence-electron chi connectivity index (χ3n) is 3.39. The first-order valence-corrected chi connectivity index (χ1v) is 7.79. The molecule has 0 saturated carbocycles. The van der Waals surface area contributed by atoms with Crippen molar-refractivity contribution in [3.8, 4) is 0 Å². The monoisotopic (exact) mass is 322 g/mol. The van der Waals surface area contributed by atoms with Crippen LogP contribution in [0.1, 0.15) is 38.7 Å². The van der Waals surface area contributed by atoms with Crippen molar-refractivity contribution in [2.75, 3.05) is 6.54 Å². The van der Waals surface area contributed by atoms with Crippen LogP contribution >= 0.6 is 0 Å². The van der Waals surface area contributed by atoms with Gasteiger partial charge in [-0.05, 0) is 38.7 Å². The van der Waals surface area contributed by atoms with E-state index < -0.39 is 11.6 Å². The highest BCUT2D eigenvalue weighted by Gasteiger charge is 2.16. The summed E-state index contributed by atoms with van der Waals surface area (Å²) < 4.78 is 0. The number of carboxylic acids is 1. The molecule has 23 heavy (non-hydrogen) atoms. The number of benzene rings is 1. The molecular formula is C17H26N2O4. The third kappa shape index (κ3) is 9.52. The van der Waals surface area contributed by atoms with Gasteiger partial charge in [-0.3, -0.25) is 4.79 Å². The van der Waals surface area contributed by atoms with Gasteiger partial charge in [-0.25, -0.2) is 4.79 Å². The Morgan fingerprint density at radius 2 is 1.87 bits per heavy atom. The van der Waals surface area contributed by atoms with E-state index in [1.54, 1.807) is 13.8 Å². The SMILES string of the molecule is CC(C)(O)CCNC(=O)NC(CCC(=O)O)Cc1ccccc1. The summed E-state index contributed by atoms with van der Waals surface area (Å²) in [5, 5.41) is 24.0. The van der Waals surface area contributed by atoms with E-state index in [2.05, 4.69) is 10.6 Å². The lowest BCUT2D eigenvalue weighted by Crippen LogP contribution is -2.44. The molecule has 0 aliphatic carbocycles. The van der Waals surface area contributed by atoms with Crippen LogP contribution in [0, 0.1) is 0 Å². The van der Waals surface area contributed by atoms with Gasteiger partial charge in [0, 0.05) is 19.0 Å². The second-order valence-electron chi connectivity index (χ2n) is 6.28. The Balaban J connectivity index is 2.51. The maximum Gasteiger partial charge on any atom is 0.315 e. The minimum absolute atomic E-state index is 0.00144. The normalized spacial score (nSPS) is 12.5. The van der Waals surface area contributed by atoms with Crippen LogP contribution in [0.15, 0.2) is 30.3 Å². The molecule has 1 atom stereocenters. The Morgan fingerprint density at radius 3 is 2.43 bits per heavy atom. The van der Waals surface area contributed by atoms with Gasteiger partial charge in [-0.15, -0.1) is 0 Å². The van der Waals surface area contributed by atoms with Crippen molar-refractivity contribution in [1.29, 1.82) is 0 Å². The van der Waals surface area contributed by atoms with Crippen LogP contribution in [0.5, 0.6) is 0 Å². The molecular weight excluding hydrogens is 296 g/mol. The summed E-state index contributed by atoms with van der Waals surface area (Å²) in [6.07, 6.45) is 1.39. The maximum atomic E-state index is 11.9. The standard InChI is InChI=1S/C17H26N2O4/c1-17(2,23)10-11-18-16(22)19-14(8-9-15(20)21)12-13-6-4-3-5-7-13/h3-7,14,23H,8-12H2,1-2H3,(H,20,21)(H2,18,19,22). The average Bonchev–Trinajstić information content (AvgIpc) is 2.44. The number of carbonyl (C=O) groups excluding carboxylic acids is 1. The van der Waals surface area contributed by atoms with E-state index >= 15 is 0 Å². The highest BCUT2D eigenvalue weighted by Crippen LogP contribution is 2.08. The predicted octanol–water partition coefficient (Wildman–Crippen LogP) is 1.92. The van der Waals surface area contributed by atoms with Gasteiger partial charge in [0.25, 0.3) is 0 Å². The van der Waals surface area contributed by atoms with Crippen molar-refractivity contribution in [2.45, 2.75) is 51.2 Å². The van der Waals surface area contributed by atoms with Crippen LogP contribution in [-0.4, -0.2) is 40.4 Å². The van der Waals surface area contributed by atoms with Crippen molar-refractivity contribution in [3.63, 3.8) is 0 Å². The van der Waals surface area contributed by atoms with Crippen molar-refractivity contribution in [3.05, 3.63) is 35.9 Å². The second kappa shape index (κ2) is 9.15. The largest absolute Gasteiger partial charge is 0.481 e. The number of urea groups is 1. The van der Waals surface area contributed by atoms with Crippen molar-refractivity contribution in [1.82, 2.24) is 10.6 Å². The molecule has 1 unspecified atom stereocenters. The highest BCUT2D eigenvalue weighted by atomic mass is 16.4. The lowest BCUT2D eigenvalue weighted by atomic mass is 10.0. The Labute approximate surface area is 136 Å². The summed E-state index contributed by atoms with van der Waals surface area (Å²) in [5.41, 5.74) is 0.208. The van der Waals surface area contributed by atoms with Crippen LogP contribution < -0.4 is 10.6 Å². The summed E-state index contributed by atoms with van der Waals surface area (Å²) in [7, 11) is 0. The van der Waals surface area contributed by atoms with Gasteiger partial charge in [0.15, 0.2) is 0 Å². The molecule has 0 aliphatic heterocycles. The predicted molar refractivity (Wildman–Crippen MR) is 88.3 cm³/mol. The van der Waals surface area contributed by atoms with E-state index in [4.69, 9.17) is 5.11 Å². The Morgan fingerprint density at radius 1 is 1.22 bits per heavy atom. The summed E-state index contributed by atoms with van der Waals surface area (Å²) in [6, 6.07) is 9.02. The van der Waals surface area contributed by atoms with Gasteiger partial charge in [0.05, 0.1) is 5.60 Å². The van der Waals surface area contributed by atoms with Crippen molar-refractivity contribution < 1.29 is 19.8 Å². The molecule has 0 saturated heterocycles. The van der Waals surface area contributed by atoms with Gasteiger partial charge in [0.2, 0.25) is 0 Å². The van der Waals surface area contributed by atoms with Crippen LogP contribution in [-0.2, 0) is 11.2 Å². The first-order chi connectivity index (χ1) is 10.8. The maximum absolute atomic E-state index is 11.9. The first-order valence-electron chi connectivity index (χ1n) is 7.79. The lowest BCUT2D eigenvalue weighted by molar-refractivity contribution is -0.137. The number of carboxylic acid groups (broad SMARTS) is 1. The molecule has 6 heteroatoms. The number of rotatable bonds is 9. The fraction of sp³-hybridized carbons (Fsp3) is 0.529. The molecule has 2 amide bonds. The van der Waals surface area contributed by atoms with Gasteiger partial charge in [0.1, 0.15) is 0 Å². The first kappa shape index (κ1) is 19.0. The van der Waals surface area contributed by atoms with Crippen molar-refractivity contribution in [2.24, 2.45) is 0 Å². The van der Waals surface area contributed by atoms with E-state index in [9.17, 15) is 14.7 Å². The van der Waals surface area contributed by atoms with E-state index in [1.807, 2.05) is 30.3 Å². The third-order valence-corrected chi connectivity index (χ3v) is 3.39. The van der Waals surface area contributed by atoms with Crippen molar-refractivity contribution >= 4 is 12.0 Å². The molecule has 0 spiro atoms. The van der Waals surface area contributed by atoms with E-state index in [1.165, 1.54) is 0 Å². The molecule has 1 aromatic rings. The second-order valence-corrected chi connectivity index (χ2v) is 6.28. The average molecular weight is 322 g/mol. The summed E-state index contributed by atoms with van der Waals surface area (Å²) in [6.45, 7) is 3.71. The Kier molecular flexibility index (Phi) is 7.54. The number of hydrogen-bond donors (Lipinski definition) is 4. The zero-order valence-corrected chi connectivity index (χ0v) is 13.7. The molecule has 0 aromatic heterocycles. The van der Waals surface area contributed by atoms with Gasteiger partial charge in [-0.1, -0.05) is 30.3 Å². The minimum atomic E-state index is -0.882. The molecule has 4 N–H and O–H groups in total. The Hall–Kier alpha value is -2.08. The zero-order valence-electron chi connectivity index (χ0n) is 13.7. The van der Waals surface area contributed by atoms with E-state index in [0.29, 0.717) is 25.8 Å². The zero-order chi connectivity index (χ0) is 17.3. The molecule has 1 aromatic carbocycles. The van der Waals surface area contributed by atoms with Crippen LogP contribution in [0.3, 0.4) is 0 Å². The van der Waals surface area contributed by atoms with Gasteiger partial charge < -0.3 is 20.8 Å². The van der Waals surface area contributed by atoms with Gasteiger partial charge in [-0.2, -0.15) is 0 Å². The van der Waals surface area contributed by atoms with E-state index in [-0.39, 0.29) is 18.5 Å². The highest BCUT2D eigenvalue weighted by molar-refractivity contribution is 5.74. The molecule has 0 heterocycles. The fourth-order valence-corrected chi connectivity index (χ4v) is 2.14. The van der Waals surface area contributed by atoms with Crippen LogP contribution in [0.4, 0.5) is 4.79 Å². The molecule has 128 valence electrons. The summed E-state index contributed by atoms with van der Waals surface area (Å²) in [5.74, 6) is -0.882. The van der Waals surface area contributed by atoms with E-state index in [0.717, 1.165) is 5.56 Å². The number of aliphatic hydroxyl groups is 1. The smallest absolute Gasteiger partial charge is 0.315 e. The number of amides is 2. The Bertz CT molecular complexity index is 497. The quantitative estimate of drug-likeness (QED) is 0.558. The minimum Gasteiger partial charge on any atom is -0.481 e. The molecule has 0 aliphatic rings.